The van der Waals surface area contributed by atoms with E-state index in [4.69, 9.17) is 10.8 Å². The van der Waals surface area contributed by atoms with Crippen LogP contribution in [-0.4, -0.2) is 38.0 Å². The Bertz CT molecular complexity index is 526. The summed E-state index contributed by atoms with van der Waals surface area (Å²) in [6, 6.07) is 3.55. The van der Waals surface area contributed by atoms with Gasteiger partial charge in [0.15, 0.2) is 0 Å². The first kappa shape index (κ1) is 14.9. The van der Waals surface area contributed by atoms with Crippen molar-refractivity contribution >= 4 is 15.7 Å². The summed E-state index contributed by atoms with van der Waals surface area (Å²) < 4.78 is 26.0. The number of hydrogen-bond donors (Lipinski definition) is 2. The minimum Gasteiger partial charge on any atom is -0.397 e. The van der Waals surface area contributed by atoms with E-state index in [1.807, 2.05) is 0 Å². The van der Waals surface area contributed by atoms with E-state index >= 15 is 0 Å². The fourth-order valence-electron chi connectivity index (χ4n) is 1.72. The maximum Gasteiger partial charge on any atom is 0.245 e. The number of nitrogen functional groups attached to an aromatic ring is 1. The smallest absolute Gasteiger partial charge is 0.245 e. The molecule has 0 spiro atoms. The monoisotopic (exact) mass is 272 g/mol. The zero-order chi connectivity index (χ0) is 13.9. The Morgan fingerprint density at radius 1 is 1.28 bits per heavy atom. The zero-order valence-corrected chi connectivity index (χ0v) is 11.8. The average molecular weight is 272 g/mol. The highest BCUT2D eigenvalue weighted by atomic mass is 32.2. The summed E-state index contributed by atoms with van der Waals surface area (Å²) in [6.45, 7) is 3.73. The lowest BCUT2D eigenvalue weighted by molar-refractivity contribution is 0.275. The number of aryl methyl sites for hydroxylation is 2. The van der Waals surface area contributed by atoms with E-state index in [1.165, 1.54) is 11.4 Å². The quantitative estimate of drug-likeness (QED) is 0.780. The molecule has 0 fully saturated rings. The van der Waals surface area contributed by atoms with Crippen molar-refractivity contribution in [3.63, 3.8) is 0 Å². The molecule has 0 radical (unpaired) electrons. The van der Waals surface area contributed by atoms with Crippen LogP contribution in [0.25, 0.3) is 0 Å². The van der Waals surface area contributed by atoms with Gasteiger partial charge in [0, 0.05) is 20.2 Å². The topological polar surface area (TPSA) is 83.6 Å². The van der Waals surface area contributed by atoms with Crippen molar-refractivity contribution in [2.45, 2.75) is 25.2 Å². The van der Waals surface area contributed by atoms with Crippen LogP contribution in [0.1, 0.15) is 17.5 Å². The largest absolute Gasteiger partial charge is 0.397 e. The van der Waals surface area contributed by atoms with Gasteiger partial charge in [-0.1, -0.05) is 12.1 Å². The average Bonchev–Trinajstić information content (AvgIpc) is 2.31. The van der Waals surface area contributed by atoms with E-state index in [1.54, 1.807) is 26.0 Å². The third-order valence-corrected chi connectivity index (χ3v) is 4.97. The fourth-order valence-corrected chi connectivity index (χ4v) is 3.31. The van der Waals surface area contributed by atoms with Crippen molar-refractivity contribution in [2.75, 3.05) is 25.9 Å². The molecule has 0 unspecified atom stereocenters. The van der Waals surface area contributed by atoms with Gasteiger partial charge in [-0.3, -0.25) is 0 Å². The highest BCUT2D eigenvalue weighted by Crippen LogP contribution is 2.28. The molecule has 3 N–H and O–H groups in total. The predicted octanol–water partition coefficient (Wildman–Crippen LogP) is 0.889. The first-order valence-corrected chi connectivity index (χ1v) is 7.19. The number of aliphatic hydroxyl groups is 1. The third kappa shape index (κ3) is 2.82. The summed E-state index contributed by atoms with van der Waals surface area (Å²) in [5, 5.41) is 8.76. The molecular formula is C12H20N2O3S. The van der Waals surface area contributed by atoms with Crippen LogP contribution in [0.4, 0.5) is 5.69 Å². The van der Waals surface area contributed by atoms with Crippen LogP contribution in [0.15, 0.2) is 17.0 Å². The Balaban J connectivity index is 3.24. The van der Waals surface area contributed by atoms with Crippen molar-refractivity contribution in [2.24, 2.45) is 0 Å². The Kier molecular flexibility index (Phi) is 4.72. The molecule has 102 valence electrons. The van der Waals surface area contributed by atoms with Crippen molar-refractivity contribution in [3.8, 4) is 0 Å². The molecule has 1 aromatic rings. The standard InChI is InChI=1S/C12H20N2O3S/c1-9-5-6-10(2)12(11(9)13)18(16,17)14(3)7-4-8-15/h5-6,15H,4,7-8,13H2,1-3H3. The van der Waals surface area contributed by atoms with Crippen molar-refractivity contribution in [1.82, 2.24) is 4.31 Å². The summed E-state index contributed by atoms with van der Waals surface area (Å²) in [5.41, 5.74) is 7.56. The van der Waals surface area contributed by atoms with Crippen LogP contribution >= 0.6 is 0 Å². The maximum absolute atomic E-state index is 12.4. The van der Waals surface area contributed by atoms with Crippen LogP contribution in [-0.2, 0) is 10.0 Å². The molecule has 1 aromatic carbocycles. The van der Waals surface area contributed by atoms with Gasteiger partial charge in [0.25, 0.3) is 0 Å². The van der Waals surface area contributed by atoms with Crippen LogP contribution < -0.4 is 5.73 Å². The number of sulfonamides is 1. The minimum absolute atomic E-state index is 0.0395. The number of hydrogen-bond acceptors (Lipinski definition) is 4. The van der Waals surface area contributed by atoms with Gasteiger partial charge in [0.1, 0.15) is 4.90 Å². The molecule has 0 bridgehead atoms. The van der Waals surface area contributed by atoms with Crippen LogP contribution in [0.3, 0.4) is 0 Å². The van der Waals surface area contributed by atoms with Gasteiger partial charge in [0.05, 0.1) is 5.69 Å². The Morgan fingerprint density at radius 2 is 1.83 bits per heavy atom. The van der Waals surface area contributed by atoms with E-state index in [0.29, 0.717) is 17.7 Å². The molecule has 0 aliphatic heterocycles. The van der Waals surface area contributed by atoms with E-state index < -0.39 is 10.0 Å². The second-order valence-corrected chi connectivity index (χ2v) is 6.33. The second kappa shape index (κ2) is 5.69. The third-order valence-electron chi connectivity index (χ3n) is 2.91. The molecule has 18 heavy (non-hydrogen) atoms. The van der Waals surface area contributed by atoms with E-state index in [9.17, 15) is 8.42 Å². The number of benzene rings is 1. The molecule has 0 aromatic heterocycles. The summed E-state index contributed by atoms with van der Waals surface area (Å²) in [6.07, 6.45) is 0.403. The molecule has 5 nitrogen and oxygen atoms in total. The van der Waals surface area contributed by atoms with Gasteiger partial charge in [0.2, 0.25) is 10.0 Å². The fraction of sp³-hybridized carbons (Fsp3) is 0.500. The van der Waals surface area contributed by atoms with Gasteiger partial charge < -0.3 is 10.8 Å². The number of nitrogens with two attached hydrogens (primary N) is 1. The molecule has 0 saturated heterocycles. The second-order valence-electron chi connectivity index (χ2n) is 4.35. The zero-order valence-electron chi connectivity index (χ0n) is 11.0. The lowest BCUT2D eigenvalue weighted by Gasteiger charge is -2.20. The predicted molar refractivity (Wildman–Crippen MR) is 71.8 cm³/mol. The molecule has 6 heteroatoms. The van der Waals surface area contributed by atoms with E-state index in [2.05, 4.69) is 0 Å². The summed E-state index contributed by atoms with van der Waals surface area (Å²) in [4.78, 5) is 0.169. The minimum atomic E-state index is -3.60. The van der Waals surface area contributed by atoms with Crippen LogP contribution in [0, 0.1) is 13.8 Å². The number of rotatable bonds is 5. The molecule has 0 heterocycles. The first-order chi connectivity index (χ1) is 8.32. The SMILES string of the molecule is Cc1ccc(C)c(S(=O)(=O)N(C)CCCO)c1N. The normalized spacial score (nSPS) is 12.1. The Morgan fingerprint density at radius 3 is 2.39 bits per heavy atom. The molecule has 1 rings (SSSR count). The van der Waals surface area contributed by atoms with E-state index in [-0.39, 0.29) is 18.0 Å². The maximum atomic E-state index is 12.4. The molecule has 0 aliphatic carbocycles. The van der Waals surface area contributed by atoms with Gasteiger partial charge in [-0.25, -0.2) is 12.7 Å². The van der Waals surface area contributed by atoms with Gasteiger partial charge in [-0.05, 0) is 31.4 Å². The highest BCUT2D eigenvalue weighted by Gasteiger charge is 2.25. The van der Waals surface area contributed by atoms with Crippen LogP contribution in [0.2, 0.25) is 0 Å². The molecule has 0 saturated carbocycles. The molecule has 0 atom stereocenters. The number of nitrogens with zero attached hydrogens (tertiary/aromatic N) is 1. The first-order valence-electron chi connectivity index (χ1n) is 5.75. The van der Waals surface area contributed by atoms with Crippen molar-refractivity contribution in [1.29, 1.82) is 0 Å². The Hall–Kier alpha value is -1.11. The molecular weight excluding hydrogens is 252 g/mol. The van der Waals surface area contributed by atoms with Crippen molar-refractivity contribution < 1.29 is 13.5 Å². The summed E-state index contributed by atoms with van der Waals surface area (Å²) in [7, 11) is -2.11. The van der Waals surface area contributed by atoms with Gasteiger partial charge in [-0.15, -0.1) is 0 Å². The molecule has 0 amide bonds. The number of anilines is 1. The van der Waals surface area contributed by atoms with Gasteiger partial charge in [-0.2, -0.15) is 0 Å². The summed E-state index contributed by atoms with van der Waals surface area (Å²) >= 11 is 0. The Labute approximate surface area is 108 Å². The van der Waals surface area contributed by atoms with Crippen molar-refractivity contribution in [3.05, 3.63) is 23.3 Å². The molecule has 0 aliphatic rings. The highest BCUT2D eigenvalue weighted by molar-refractivity contribution is 7.89. The van der Waals surface area contributed by atoms with Gasteiger partial charge >= 0.3 is 0 Å². The lowest BCUT2D eigenvalue weighted by Crippen LogP contribution is -2.29. The number of aliphatic hydroxyl groups excluding tert-OH is 1. The lowest BCUT2D eigenvalue weighted by atomic mass is 10.1. The van der Waals surface area contributed by atoms with Crippen LogP contribution in [0.5, 0.6) is 0 Å². The van der Waals surface area contributed by atoms with E-state index in [0.717, 1.165) is 5.56 Å². The summed E-state index contributed by atoms with van der Waals surface area (Å²) in [5.74, 6) is 0.